The quantitative estimate of drug-likeness (QED) is 0.814. The summed E-state index contributed by atoms with van der Waals surface area (Å²) in [4.78, 5) is 14.9. The molecule has 1 saturated carbocycles. The van der Waals surface area contributed by atoms with Gasteiger partial charge in [0.05, 0.1) is 6.04 Å². The zero-order valence-corrected chi connectivity index (χ0v) is 14.0. The molecule has 0 spiro atoms. The number of thiazole rings is 1. The largest absolute Gasteiger partial charge is 0.361 e. The first-order valence-electron chi connectivity index (χ1n) is 6.91. The second kappa shape index (κ2) is 5.77. The Morgan fingerprint density at radius 3 is 2.90 bits per heavy atom. The molecular weight excluding hydrogens is 336 g/mol. The summed E-state index contributed by atoms with van der Waals surface area (Å²) in [5.41, 5.74) is 0. The van der Waals surface area contributed by atoms with Crippen molar-refractivity contribution < 1.29 is 0 Å². The molecule has 106 valence electrons. The van der Waals surface area contributed by atoms with E-state index in [1.165, 1.54) is 17.7 Å². The Balaban J connectivity index is 1.76. The van der Waals surface area contributed by atoms with Gasteiger partial charge in [-0.15, -0.1) is 11.3 Å². The molecule has 6 heteroatoms. The summed E-state index contributed by atoms with van der Waals surface area (Å²) in [5, 5.41) is 4.53. The second-order valence-corrected chi connectivity index (χ2v) is 7.05. The molecule has 1 aliphatic rings. The average molecular weight is 353 g/mol. The first-order valence-corrected chi connectivity index (χ1v) is 8.52. The molecule has 0 aromatic carbocycles. The lowest BCUT2D eigenvalue weighted by Gasteiger charge is -2.13. The van der Waals surface area contributed by atoms with Gasteiger partial charge in [-0.3, -0.25) is 0 Å². The Labute approximate surface area is 131 Å². The second-order valence-electron chi connectivity index (χ2n) is 5.09. The molecule has 0 aliphatic heterocycles. The first-order chi connectivity index (χ1) is 9.65. The molecule has 0 bridgehead atoms. The highest BCUT2D eigenvalue weighted by Crippen LogP contribution is 2.39. The van der Waals surface area contributed by atoms with Crippen molar-refractivity contribution in [3.63, 3.8) is 0 Å². The van der Waals surface area contributed by atoms with Crippen molar-refractivity contribution in [2.24, 2.45) is 0 Å². The SMILES string of the molecule is CCc1cnc(C(C)Nc2cc(Br)nc(C3CC3)n2)s1. The van der Waals surface area contributed by atoms with Crippen LogP contribution in [-0.4, -0.2) is 15.0 Å². The molecule has 1 aliphatic carbocycles. The molecule has 1 N–H and O–H groups in total. The van der Waals surface area contributed by atoms with Gasteiger partial charge < -0.3 is 5.32 Å². The van der Waals surface area contributed by atoms with Crippen molar-refractivity contribution >= 4 is 33.1 Å². The molecule has 1 atom stereocenters. The maximum atomic E-state index is 4.61. The van der Waals surface area contributed by atoms with Crippen LogP contribution in [-0.2, 0) is 6.42 Å². The van der Waals surface area contributed by atoms with Gasteiger partial charge in [0.1, 0.15) is 21.3 Å². The van der Waals surface area contributed by atoms with Crippen LogP contribution in [0, 0.1) is 0 Å². The van der Waals surface area contributed by atoms with Gasteiger partial charge in [0.2, 0.25) is 0 Å². The van der Waals surface area contributed by atoms with E-state index in [1.807, 2.05) is 12.3 Å². The van der Waals surface area contributed by atoms with Gasteiger partial charge in [0.25, 0.3) is 0 Å². The lowest BCUT2D eigenvalue weighted by Crippen LogP contribution is -2.09. The van der Waals surface area contributed by atoms with Gasteiger partial charge in [-0.2, -0.15) is 0 Å². The van der Waals surface area contributed by atoms with Crippen LogP contribution in [0.4, 0.5) is 5.82 Å². The van der Waals surface area contributed by atoms with E-state index < -0.39 is 0 Å². The maximum absolute atomic E-state index is 4.61. The molecule has 20 heavy (non-hydrogen) atoms. The van der Waals surface area contributed by atoms with Crippen LogP contribution in [0.3, 0.4) is 0 Å². The van der Waals surface area contributed by atoms with E-state index in [1.54, 1.807) is 11.3 Å². The number of nitrogens with one attached hydrogen (secondary N) is 1. The van der Waals surface area contributed by atoms with Crippen LogP contribution in [0.2, 0.25) is 0 Å². The minimum Gasteiger partial charge on any atom is -0.361 e. The van der Waals surface area contributed by atoms with Gasteiger partial charge in [-0.1, -0.05) is 6.92 Å². The molecule has 2 aromatic rings. The van der Waals surface area contributed by atoms with Crippen molar-refractivity contribution in [2.45, 2.75) is 45.1 Å². The molecule has 4 nitrogen and oxygen atoms in total. The highest BCUT2D eigenvalue weighted by atomic mass is 79.9. The van der Waals surface area contributed by atoms with Crippen LogP contribution in [0.1, 0.15) is 54.4 Å². The number of aryl methyl sites for hydroxylation is 1. The Kier molecular flexibility index (Phi) is 4.03. The maximum Gasteiger partial charge on any atom is 0.135 e. The number of anilines is 1. The molecular formula is C14H17BrN4S. The summed E-state index contributed by atoms with van der Waals surface area (Å²) in [7, 11) is 0. The van der Waals surface area contributed by atoms with Gasteiger partial charge in [-0.25, -0.2) is 15.0 Å². The third-order valence-electron chi connectivity index (χ3n) is 3.31. The molecule has 3 rings (SSSR count). The summed E-state index contributed by atoms with van der Waals surface area (Å²) in [6, 6.07) is 2.09. The number of halogens is 1. The average Bonchev–Trinajstić information content (AvgIpc) is 3.15. The highest BCUT2D eigenvalue weighted by Gasteiger charge is 2.27. The minimum absolute atomic E-state index is 0.161. The number of hydrogen-bond acceptors (Lipinski definition) is 5. The van der Waals surface area contributed by atoms with E-state index in [9.17, 15) is 0 Å². The summed E-state index contributed by atoms with van der Waals surface area (Å²) in [5.74, 6) is 2.37. The Hall–Kier alpha value is -1.01. The molecule has 0 amide bonds. The fourth-order valence-electron chi connectivity index (χ4n) is 2.00. The van der Waals surface area contributed by atoms with Crippen molar-refractivity contribution in [3.05, 3.63) is 32.6 Å². The van der Waals surface area contributed by atoms with Gasteiger partial charge in [0, 0.05) is 23.1 Å². The molecule has 1 fully saturated rings. The van der Waals surface area contributed by atoms with Crippen LogP contribution >= 0.6 is 27.3 Å². The van der Waals surface area contributed by atoms with E-state index in [0.29, 0.717) is 5.92 Å². The Morgan fingerprint density at radius 2 is 2.25 bits per heavy atom. The summed E-state index contributed by atoms with van der Waals surface area (Å²) >= 11 is 5.22. The molecule has 0 saturated heterocycles. The van der Waals surface area contributed by atoms with E-state index >= 15 is 0 Å². The fourth-order valence-corrected chi connectivity index (χ4v) is 3.26. The number of nitrogens with zero attached hydrogens (tertiary/aromatic N) is 3. The normalized spacial score (nSPS) is 16.1. The number of aromatic nitrogens is 3. The van der Waals surface area contributed by atoms with Crippen molar-refractivity contribution in [2.75, 3.05) is 5.32 Å². The Morgan fingerprint density at radius 1 is 1.45 bits per heavy atom. The van der Waals surface area contributed by atoms with Crippen molar-refractivity contribution in [3.8, 4) is 0 Å². The third kappa shape index (κ3) is 3.17. The molecule has 2 aromatic heterocycles. The standard InChI is InChI=1S/C14H17BrN4S/c1-3-10-7-16-14(20-10)8(2)17-12-6-11(15)18-13(19-12)9-4-5-9/h6-9H,3-5H2,1-2H3,(H,17,18,19). The number of rotatable bonds is 5. The summed E-state index contributed by atoms with van der Waals surface area (Å²) in [6.07, 6.45) is 5.41. The van der Waals surface area contributed by atoms with Crippen LogP contribution in [0.25, 0.3) is 0 Å². The number of hydrogen-bond donors (Lipinski definition) is 1. The smallest absolute Gasteiger partial charge is 0.135 e. The van der Waals surface area contributed by atoms with Crippen LogP contribution < -0.4 is 5.32 Å². The van der Waals surface area contributed by atoms with Gasteiger partial charge >= 0.3 is 0 Å². The van der Waals surface area contributed by atoms with E-state index in [2.05, 4.69) is 50.0 Å². The van der Waals surface area contributed by atoms with Crippen molar-refractivity contribution in [1.29, 1.82) is 0 Å². The topological polar surface area (TPSA) is 50.7 Å². The van der Waals surface area contributed by atoms with Gasteiger partial charge in [-0.05, 0) is 42.1 Å². The lowest BCUT2D eigenvalue weighted by atomic mass is 10.3. The van der Waals surface area contributed by atoms with Gasteiger partial charge in [0.15, 0.2) is 0 Å². The zero-order chi connectivity index (χ0) is 14.1. The first kappa shape index (κ1) is 13.9. The van der Waals surface area contributed by atoms with Crippen LogP contribution in [0.5, 0.6) is 0 Å². The van der Waals surface area contributed by atoms with Crippen molar-refractivity contribution in [1.82, 2.24) is 15.0 Å². The third-order valence-corrected chi connectivity index (χ3v) is 5.04. The molecule has 1 unspecified atom stereocenters. The Bertz CT molecular complexity index is 609. The fraction of sp³-hybridized carbons (Fsp3) is 0.500. The predicted octanol–water partition coefficient (Wildman–Crippen LogP) is 4.31. The minimum atomic E-state index is 0.161. The van der Waals surface area contributed by atoms with E-state index in [-0.39, 0.29) is 6.04 Å². The molecule has 2 heterocycles. The summed E-state index contributed by atoms with van der Waals surface area (Å²) in [6.45, 7) is 4.27. The zero-order valence-electron chi connectivity index (χ0n) is 11.6. The molecule has 0 radical (unpaired) electrons. The van der Waals surface area contributed by atoms with E-state index in [0.717, 1.165) is 27.7 Å². The van der Waals surface area contributed by atoms with E-state index in [4.69, 9.17) is 0 Å². The van der Waals surface area contributed by atoms with Crippen LogP contribution in [0.15, 0.2) is 16.9 Å². The highest BCUT2D eigenvalue weighted by molar-refractivity contribution is 9.10. The monoisotopic (exact) mass is 352 g/mol. The predicted molar refractivity (Wildman–Crippen MR) is 85.2 cm³/mol. The lowest BCUT2D eigenvalue weighted by molar-refractivity contribution is 0.841. The summed E-state index contributed by atoms with van der Waals surface area (Å²) < 4.78 is 0.845.